The second-order valence-corrected chi connectivity index (χ2v) is 7.41. The van der Waals surface area contributed by atoms with E-state index in [2.05, 4.69) is 0 Å². The van der Waals surface area contributed by atoms with Crippen molar-refractivity contribution in [1.29, 1.82) is 0 Å². The third-order valence-electron chi connectivity index (χ3n) is 3.83. The number of hydrogen-bond acceptors (Lipinski definition) is 4. The molecule has 0 aliphatic carbocycles. The maximum absolute atomic E-state index is 11.5. The number of aliphatic hydroxyl groups excluding tert-OH is 1. The van der Waals surface area contributed by atoms with Crippen molar-refractivity contribution in [2.24, 2.45) is 0 Å². The summed E-state index contributed by atoms with van der Waals surface area (Å²) in [6.45, 7) is 1.94. The van der Waals surface area contributed by atoms with Crippen molar-refractivity contribution in [3.63, 3.8) is 0 Å². The number of sulfone groups is 1. The smallest absolute Gasteiger partial charge is 0.152 e. The van der Waals surface area contributed by atoms with Crippen LogP contribution in [-0.4, -0.2) is 38.1 Å². The molecule has 1 heterocycles. The molecule has 0 bridgehead atoms. The first-order chi connectivity index (χ1) is 8.93. The molecule has 1 aliphatic heterocycles. The Bertz CT molecular complexity index is 524. The summed E-state index contributed by atoms with van der Waals surface area (Å²) in [5.74, 6) is 0.525. The van der Waals surface area contributed by atoms with Crippen LogP contribution in [0, 0.1) is 0 Å². The van der Waals surface area contributed by atoms with Crippen LogP contribution >= 0.6 is 0 Å². The van der Waals surface area contributed by atoms with Crippen molar-refractivity contribution in [1.82, 2.24) is 0 Å². The Kier molecular flexibility index (Phi) is 4.16. The molecule has 0 saturated carbocycles. The zero-order chi connectivity index (χ0) is 14.0. The van der Waals surface area contributed by atoms with Crippen molar-refractivity contribution in [3.8, 4) is 0 Å². The molecular formula is C14H21NO3S. The highest BCUT2D eigenvalue weighted by Crippen LogP contribution is 2.25. The number of anilines is 1. The molecule has 1 N–H and O–H groups in total. The Morgan fingerprint density at radius 2 is 2.00 bits per heavy atom. The quantitative estimate of drug-likeness (QED) is 0.914. The molecule has 0 radical (unpaired) electrons. The van der Waals surface area contributed by atoms with Gasteiger partial charge in [-0.05, 0) is 30.5 Å². The lowest BCUT2D eigenvalue weighted by molar-refractivity contribution is 0.173. The average Bonchev–Trinajstić information content (AvgIpc) is 2.77. The molecule has 0 aromatic heterocycles. The Labute approximate surface area is 115 Å². The molecule has 1 saturated heterocycles. The van der Waals surface area contributed by atoms with Gasteiger partial charge in [0.25, 0.3) is 0 Å². The Morgan fingerprint density at radius 1 is 1.37 bits per heavy atom. The van der Waals surface area contributed by atoms with E-state index in [1.807, 2.05) is 43.1 Å². The zero-order valence-corrected chi connectivity index (χ0v) is 12.2. The van der Waals surface area contributed by atoms with Crippen LogP contribution in [0.5, 0.6) is 0 Å². The molecule has 2 atom stereocenters. The Morgan fingerprint density at radius 3 is 2.47 bits per heavy atom. The minimum atomic E-state index is -2.86. The molecule has 1 aromatic carbocycles. The second kappa shape index (κ2) is 5.51. The van der Waals surface area contributed by atoms with E-state index in [0.29, 0.717) is 12.8 Å². The molecule has 0 spiro atoms. The minimum absolute atomic E-state index is 0.0620. The standard InChI is InChI=1S/C14H21NO3S/c1-3-14(16)11-4-6-12(7-5-11)15(2)13-8-9-19(17,18)10-13/h4-7,13-14,16H,3,8-10H2,1-2H3/t13?,14-/m1/s1. The molecule has 1 aromatic rings. The number of aliphatic hydroxyl groups is 1. The maximum Gasteiger partial charge on any atom is 0.152 e. The summed E-state index contributed by atoms with van der Waals surface area (Å²) in [6.07, 6.45) is 0.958. The van der Waals surface area contributed by atoms with Crippen molar-refractivity contribution in [2.45, 2.75) is 31.9 Å². The molecule has 1 fully saturated rings. The van der Waals surface area contributed by atoms with E-state index in [9.17, 15) is 13.5 Å². The van der Waals surface area contributed by atoms with E-state index in [0.717, 1.165) is 11.3 Å². The van der Waals surface area contributed by atoms with Gasteiger partial charge in [-0.15, -0.1) is 0 Å². The van der Waals surface area contributed by atoms with Crippen LogP contribution in [0.4, 0.5) is 5.69 Å². The fourth-order valence-electron chi connectivity index (χ4n) is 2.46. The maximum atomic E-state index is 11.5. The van der Waals surface area contributed by atoms with Gasteiger partial charge in [-0.1, -0.05) is 19.1 Å². The van der Waals surface area contributed by atoms with E-state index >= 15 is 0 Å². The molecule has 2 rings (SSSR count). The lowest BCUT2D eigenvalue weighted by atomic mass is 10.1. The summed E-state index contributed by atoms with van der Waals surface area (Å²) in [4.78, 5) is 2.02. The number of hydrogen-bond donors (Lipinski definition) is 1. The van der Waals surface area contributed by atoms with Gasteiger partial charge in [0.2, 0.25) is 0 Å². The second-order valence-electron chi connectivity index (χ2n) is 5.18. The third-order valence-corrected chi connectivity index (χ3v) is 5.58. The van der Waals surface area contributed by atoms with E-state index in [1.165, 1.54) is 0 Å². The van der Waals surface area contributed by atoms with Gasteiger partial charge in [0, 0.05) is 18.8 Å². The number of benzene rings is 1. The first-order valence-electron chi connectivity index (χ1n) is 6.64. The Balaban J connectivity index is 2.10. The van der Waals surface area contributed by atoms with Crippen LogP contribution in [0.15, 0.2) is 24.3 Å². The fraction of sp³-hybridized carbons (Fsp3) is 0.571. The van der Waals surface area contributed by atoms with Gasteiger partial charge >= 0.3 is 0 Å². The van der Waals surface area contributed by atoms with Crippen molar-refractivity contribution in [2.75, 3.05) is 23.5 Å². The highest BCUT2D eigenvalue weighted by molar-refractivity contribution is 7.91. The molecule has 106 valence electrons. The highest BCUT2D eigenvalue weighted by atomic mass is 32.2. The molecular weight excluding hydrogens is 262 g/mol. The van der Waals surface area contributed by atoms with Crippen molar-refractivity contribution >= 4 is 15.5 Å². The molecule has 4 nitrogen and oxygen atoms in total. The van der Waals surface area contributed by atoms with Gasteiger partial charge in [0.05, 0.1) is 17.6 Å². The molecule has 1 aliphatic rings. The number of rotatable bonds is 4. The van der Waals surface area contributed by atoms with Crippen molar-refractivity contribution < 1.29 is 13.5 Å². The molecule has 1 unspecified atom stereocenters. The van der Waals surface area contributed by atoms with Gasteiger partial charge in [0.15, 0.2) is 9.84 Å². The largest absolute Gasteiger partial charge is 0.388 e. The van der Waals surface area contributed by atoms with Gasteiger partial charge in [-0.3, -0.25) is 0 Å². The van der Waals surface area contributed by atoms with E-state index in [4.69, 9.17) is 0 Å². The summed E-state index contributed by atoms with van der Waals surface area (Å²) < 4.78 is 23.0. The fourth-order valence-corrected chi connectivity index (χ4v) is 4.23. The summed E-state index contributed by atoms with van der Waals surface area (Å²) in [6, 6.07) is 7.76. The van der Waals surface area contributed by atoms with Gasteiger partial charge in [-0.2, -0.15) is 0 Å². The highest BCUT2D eigenvalue weighted by Gasteiger charge is 2.30. The van der Waals surface area contributed by atoms with Crippen LogP contribution in [0.2, 0.25) is 0 Å². The average molecular weight is 283 g/mol. The predicted molar refractivity (Wildman–Crippen MR) is 77.2 cm³/mol. The lowest BCUT2D eigenvalue weighted by Crippen LogP contribution is -2.32. The third kappa shape index (κ3) is 3.28. The first-order valence-corrected chi connectivity index (χ1v) is 8.46. The SMILES string of the molecule is CC[C@@H](O)c1ccc(N(C)C2CCS(=O)(=O)C2)cc1. The van der Waals surface area contributed by atoms with Crippen molar-refractivity contribution in [3.05, 3.63) is 29.8 Å². The summed E-state index contributed by atoms with van der Waals surface area (Å²) in [5.41, 5.74) is 1.90. The normalized spacial score (nSPS) is 23.2. The first kappa shape index (κ1) is 14.3. The minimum Gasteiger partial charge on any atom is -0.388 e. The number of nitrogens with zero attached hydrogens (tertiary/aromatic N) is 1. The molecule has 19 heavy (non-hydrogen) atoms. The monoisotopic (exact) mass is 283 g/mol. The topological polar surface area (TPSA) is 57.6 Å². The van der Waals surface area contributed by atoms with Crippen LogP contribution in [0.3, 0.4) is 0 Å². The predicted octanol–water partition coefficient (Wildman–Crippen LogP) is 1.75. The zero-order valence-electron chi connectivity index (χ0n) is 11.4. The van der Waals surface area contributed by atoms with Crippen LogP contribution in [-0.2, 0) is 9.84 Å². The van der Waals surface area contributed by atoms with Gasteiger partial charge in [-0.25, -0.2) is 8.42 Å². The summed E-state index contributed by atoms with van der Waals surface area (Å²) in [7, 11) is -0.928. The molecule has 0 amide bonds. The van der Waals surface area contributed by atoms with E-state index in [1.54, 1.807) is 0 Å². The van der Waals surface area contributed by atoms with E-state index in [-0.39, 0.29) is 17.5 Å². The van der Waals surface area contributed by atoms with Crippen LogP contribution in [0.25, 0.3) is 0 Å². The summed E-state index contributed by atoms with van der Waals surface area (Å²) >= 11 is 0. The Hall–Kier alpha value is -1.07. The van der Waals surface area contributed by atoms with Crippen LogP contribution < -0.4 is 4.90 Å². The van der Waals surface area contributed by atoms with Crippen LogP contribution in [0.1, 0.15) is 31.4 Å². The molecule has 5 heteroatoms. The van der Waals surface area contributed by atoms with E-state index < -0.39 is 15.9 Å². The van der Waals surface area contributed by atoms with Gasteiger partial charge in [0.1, 0.15) is 0 Å². The van der Waals surface area contributed by atoms with Gasteiger partial charge < -0.3 is 10.0 Å². The summed E-state index contributed by atoms with van der Waals surface area (Å²) in [5, 5.41) is 9.75. The lowest BCUT2D eigenvalue weighted by Gasteiger charge is -2.26.